The van der Waals surface area contributed by atoms with Crippen LogP contribution in [0.1, 0.15) is 30.0 Å². The quantitative estimate of drug-likeness (QED) is 0.821. The van der Waals surface area contributed by atoms with E-state index in [-0.39, 0.29) is 23.5 Å². The van der Waals surface area contributed by atoms with Crippen molar-refractivity contribution in [3.63, 3.8) is 0 Å². The van der Waals surface area contributed by atoms with Crippen molar-refractivity contribution in [1.82, 2.24) is 14.8 Å². The van der Waals surface area contributed by atoms with E-state index in [1.165, 1.54) is 0 Å². The zero-order valence-electron chi connectivity index (χ0n) is 15.4. The van der Waals surface area contributed by atoms with Crippen molar-refractivity contribution in [2.75, 3.05) is 40.3 Å². The minimum Gasteiger partial charge on any atom is -0.392 e. The minimum absolute atomic E-state index is 0.126. The molecular weight excluding hydrogens is 338 g/mol. The zero-order valence-corrected chi connectivity index (χ0v) is 16.2. The largest absolute Gasteiger partial charge is 0.392 e. The molecule has 1 aliphatic carbocycles. The van der Waals surface area contributed by atoms with Crippen LogP contribution in [0.2, 0.25) is 0 Å². The molecule has 1 aromatic heterocycles. The molecule has 0 radical (unpaired) electrons. The summed E-state index contributed by atoms with van der Waals surface area (Å²) in [5, 5.41) is 13.3. The number of piperidine rings is 1. The molecule has 7 heteroatoms. The molecule has 25 heavy (non-hydrogen) atoms. The van der Waals surface area contributed by atoms with E-state index in [0.29, 0.717) is 26.1 Å². The summed E-state index contributed by atoms with van der Waals surface area (Å²) < 4.78 is 6.03. The van der Waals surface area contributed by atoms with Gasteiger partial charge in [-0.05, 0) is 33.9 Å². The smallest absolute Gasteiger partial charge is 0.228 e. The van der Waals surface area contributed by atoms with Crippen LogP contribution in [0.5, 0.6) is 0 Å². The molecule has 1 saturated carbocycles. The maximum atomic E-state index is 12.5. The molecule has 0 unspecified atom stereocenters. The number of rotatable bonds is 6. The Hall–Kier alpha value is -1.02. The number of hydrogen-bond donors (Lipinski definition) is 1. The van der Waals surface area contributed by atoms with Gasteiger partial charge in [-0.1, -0.05) is 0 Å². The van der Waals surface area contributed by atoms with Crippen molar-refractivity contribution < 1.29 is 14.6 Å². The van der Waals surface area contributed by atoms with Crippen molar-refractivity contribution in [2.24, 2.45) is 5.41 Å². The first-order valence-corrected chi connectivity index (χ1v) is 9.92. The maximum absolute atomic E-state index is 12.5. The van der Waals surface area contributed by atoms with Crippen LogP contribution in [-0.2, 0) is 16.0 Å². The van der Waals surface area contributed by atoms with Crippen LogP contribution < -0.4 is 0 Å². The lowest BCUT2D eigenvalue weighted by atomic mass is 9.58. The number of carbonyl (C=O) groups is 1. The molecule has 2 atom stereocenters. The highest BCUT2D eigenvalue weighted by atomic mass is 32.1. The summed E-state index contributed by atoms with van der Waals surface area (Å²) in [5.74, 6) is 0.138. The van der Waals surface area contributed by atoms with Crippen LogP contribution in [0.15, 0.2) is 5.38 Å². The normalized spacial score (nSPS) is 25.4. The van der Waals surface area contributed by atoms with Gasteiger partial charge >= 0.3 is 0 Å². The number of aryl methyl sites for hydroxylation is 1. The first kappa shape index (κ1) is 18.8. The standard InChI is InChI=1S/C18H29N3O3S/c1-13-19-14(12-25-13)10-17(23)21-6-4-18(5-7-21)15(22)11-16(18)24-9-8-20(2)3/h12,15-16,22H,4-11H2,1-3H3/t15-,16+/m0/s1. The molecule has 1 amide bonds. The van der Waals surface area contributed by atoms with Crippen LogP contribution >= 0.6 is 11.3 Å². The maximum Gasteiger partial charge on any atom is 0.228 e. The van der Waals surface area contributed by atoms with Crippen molar-refractivity contribution in [3.8, 4) is 0 Å². The Balaban J connectivity index is 1.50. The molecule has 1 N–H and O–H groups in total. The summed E-state index contributed by atoms with van der Waals surface area (Å²) in [7, 11) is 4.06. The molecule has 1 aliphatic heterocycles. The Labute approximate surface area is 153 Å². The average Bonchev–Trinajstić information content (AvgIpc) is 2.98. The van der Waals surface area contributed by atoms with E-state index < -0.39 is 0 Å². The van der Waals surface area contributed by atoms with E-state index in [1.54, 1.807) is 11.3 Å². The number of carbonyl (C=O) groups excluding carboxylic acids is 1. The summed E-state index contributed by atoms with van der Waals surface area (Å²) in [5.41, 5.74) is 0.710. The van der Waals surface area contributed by atoms with E-state index in [4.69, 9.17) is 4.74 Å². The van der Waals surface area contributed by atoms with Crippen molar-refractivity contribution in [3.05, 3.63) is 16.1 Å². The Morgan fingerprint density at radius 2 is 2.20 bits per heavy atom. The predicted molar refractivity (Wildman–Crippen MR) is 97.7 cm³/mol. The third-order valence-corrected chi connectivity index (χ3v) is 6.47. The number of amides is 1. The molecule has 2 fully saturated rings. The van der Waals surface area contributed by atoms with Gasteiger partial charge in [0.05, 0.1) is 35.9 Å². The second kappa shape index (κ2) is 7.70. The Morgan fingerprint density at radius 1 is 1.48 bits per heavy atom. The molecule has 2 heterocycles. The minimum atomic E-state index is -0.296. The second-order valence-corrected chi connectivity index (χ2v) is 8.63. The topological polar surface area (TPSA) is 65.9 Å². The van der Waals surface area contributed by atoms with Gasteiger partial charge in [0.1, 0.15) is 0 Å². The summed E-state index contributed by atoms with van der Waals surface area (Å²) >= 11 is 1.58. The van der Waals surface area contributed by atoms with Gasteiger partial charge in [0, 0.05) is 36.9 Å². The van der Waals surface area contributed by atoms with E-state index in [2.05, 4.69) is 9.88 Å². The van der Waals surface area contributed by atoms with Gasteiger partial charge in [0.15, 0.2) is 0 Å². The fourth-order valence-electron chi connectivity index (χ4n) is 3.92. The van der Waals surface area contributed by atoms with Gasteiger partial charge in [-0.15, -0.1) is 11.3 Å². The predicted octanol–water partition coefficient (Wildman–Crippen LogP) is 1.31. The van der Waals surface area contributed by atoms with E-state index in [1.807, 2.05) is 31.3 Å². The number of likely N-dealkylation sites (N-methyl/N-ethyl adjacent to an activating group) is 1. The third-order valence-electron chi connectivity index (χ3n) is 5.65. The van der Waals surface area contributed by atoms with Gasteiger partial charge in [0.2, 0.25) is 5.91 Å². The van der Waals surface area contributed by atoms with Gasteiger partial charge < -0.3 is 19.6 Å². The Morgan fingerprint density at radius 3 is 2.76 bits per heavy atom. The highest BCUT2D eigenvalue weighted by molar-refractivity contribution is 7.09. The number of nitrogens with zero attached hydrogens (tertiary/aromatic N) is 3. The molecule has 0 aromatic carbocycles. The highest BCUT2D eigenvalue weighted by Gasteiger charge is 2.56. The number of aliphatic hydroxyl groups is 1. The molecule has 1 aromatic rings. The summed E-state index contributed by atoms with van der Waals surface area (Å²) in [6, 6.07) is 0. The van der Waals surface area contributed by atoms with Crippen molar-refractivity contribution in [2.45, 2.75) is 44.8 Å². The SMILES string of the molecule is Cc1nc(CC(=O)N2CCC3(CC2)[C@@H](O)C[C@H]3OCCN(C)C)cs1. The fraction of sp³-hybridized carbons (Fsp3) is 0.778. The van der Waals surface area contributed by atoms with Gasteiger partial charge in [-0.25, -0.2) is 4.98 Å². The molecule has 2 aliphatic rings. The van der Waals surface area contributed by atoms with Gasteiger partial charge in [-0.3, -0.25) is 4.79 Å². The van der Waals surface area contributed by atoms with Crippen LogP contribution in [0.4, 0.5) is 0 Å². The molecule has 0 bridgehead atoms. The van der Waals surface area contributed by atoms with Crippen molar-refractivity contribution in [1.29, 1.82) is 0 Å². The summed E-state index contributed by atoms with van der Waals surface area (Å²) in [6.07, 6.45) is 2.57. The third kappa shape index (κ3) is 4.05. The molecule has 1 saturated heterocycles. The van der Waals surface area contributed by atoms with Crippen molar-refractivity contribution >= 4 is 17.2 Å². The number of hydrogen-bond acceptors (Lipinski definition) is 6. The highest BCUT2D eigenvalue weighted by Crippen LogP contribution is 2.51. The number of aliphatic hydroxyl groups excluding tert-OH is 1. The molecule has 140 valence electrons. The van der Waals surface area contributed by atoms with Crippen LogP contribution in [-0.4, -0.2) is 78.3 Å². The molecular formula is C18H29N3O3S. The first-order valence-electron chi connectivity index (χ1n) is 9.04. The molecule has 3 rings (SSSR count). The fourth-order valence-corrected chi connectivity index (χ4v) is 4.53. The lowest BCUT2D eigenvalue weighted by Crippen LogP contribution is -2.63. The average molecular weight is 368 g/mol. The number of thiazole rings is 1. The number of likely N-dealkylation sites (tertiary alicyclic amines) is 1. The second-order valence-electron chi connectivity index (χ2n) is 7.56. The monoisotopic (exact) mass is 367 g/mol. The van der Waals surface area contributed by atoms with Crippen LogP contribution in [0.3, 0.4) is 0 Å². The Kier molecular flexibility index (Phi) is 5.78. The molecule has 1 spiro atoms. The van der Waals surface area contributed by atoms with E-state index >= 15 is 0 Å². The van der Waals surface area contributed by atoms with Gasteiger partial charge in [-0.2, -0.15) is 0 Å². The zero-order chi connectivity index (χ0) is 18.0. The first-order chi connectivity index (χ1) is 11.9. The number of aromatic nitrogens is 1. The van der Waals surface area contributed by atoms with Crippen LogP contribution in [0.25, 0.3) is 0 Å². The van der Waals surface area contributed by atoms with E-state index in [9.17, 15) is 9.90 Å². The number of ether oxygens (including phenoxy) is 1. The Bertz CT molecular complexity index is 596. The molecule has 6 nitrogen and oxygen atoms in total. The summed E-state index contributed by atoms with van der Waals surface area (Å²) in [6.45, 7) is 4.94. The van der Waals surface area contributed by atoms with Gasteiger partial charge in [0.25, 0.3) is 0 Å². The lowest BCUT2D eigenvalue weighted by molar-refractivity contribution is -0.212. The van der Waals surface area contributed by atoms with Crippen LogP contribution in [0, 0.1) is 12.3 Å². The van der Waals surface area contributed by atoms with E-state index in [0.717, 1.165) is 36.5 Å². The lowest BCUT2D eigenvalue weighted by Gasteiger charge is -2.56. The summed E-state index contributed by atoms with van der Waals surface area (Å²) in [4.78, 5) is 20.9.